The van der Waals surface area contributed by atoms with Crippen LogP contribution in [0.5, 0.6) is 0 Å². The number of rotatable bonds is 6. The van der Waals surface area contributed by atoms with E-state index in [-0.39, 0.29) is 17.1 Å². The summed E-state index contributed by atoms with van der Waals surface area (Å²) in [4.78, 5) is 11.6. The van der Waals surface area contributed by atoms with Gasteiger partial charge in [-0.05, 0) is 63.7 Å². The highest BCUT2D eigenvalue weighted by atomic mass is 32.2. The Labute approximate surface area is 121 Å². The molecule has 2 bridgehead atoms. The van der Waals surface area contributed by atoms with Gasteiger partial charge in [-0.3, -0.25) is 4.79 Å². The lowest BCUT2D eigenvalue weighted by Crippen LogP contribution is -2.49. The van der Waals surface area contributed by atoms with Crippen LogP contribution in [0.15, 0.2) is 0 Å². The van der Waals surface area contributed by atoms with E-state index in [0.29, 0.717) is 6.54 Å². The number of carbonyl (C=O) groups excluding carboxylic acids is 1. The number of hydrogen-bond acceptors (Lipinski definition) is 3. The molecule has 1 amide bonds. The van der Waals surface area contributed by atoms with Crippen molar-refractivity contribution in [2.75, 3.05) is 12.3 Å². The van der Waals surface area contributed by atoms with Crippen LogP contribution in [0.4, 0.5) is 0 Å². The number of fused-ring (bicyclic) bond motifs is 3. The minimum absolute atomic E-state index is 0.0401. The van der Waals surface area contributed by atoms with E-state index in [9.17, 15) is 13.2 Å². The molecule has 6 heteroatoms. The number of carbonyl (C=O) groups is 1. The second-order valence-corrected chi connectivity index (χ2v) is 8.23. The molecule has 116 valence electrons. The molecule has 0 aromatic heterocycles. The van der Waals surface area contributed by atoms with Crippen molar-refractivity contribution in [2.24, 2.45) is 11.3 Å². The first kappa shape index (κ1) is 15.8. The zero-order valence-corrected chi connectivity index (χ0v) is 13.3. The van der Waals surface area contributed by atoms with Gasteiger partial charge in [0.05, 0.1) is 11.8 Å². The van der Waals surface area contributed by atoms with E-state index in [4.69, 9.17) is 0 Å². The maximum absolute atomic E-state index is 12.3. The molecule has 0 spiro atoms. The fourth-order valence-corrected chi connectivity index (χ4v) is 5.62. The van der Waals surface area contributed by atoms with Crippen molar-refractivity contribution in [2.45, 2.75) is 58.4 Å². The van der Waals surface area contributed by atoms with Gasteiger partial charge in [-0.1, -0.05) is 0 Å². The molecule has 0 aromatic carbocycles. The SMILES string of the molecule is CCNC(=O)C(C)NS(=O)(=O)CC12CCC(CC1)CC2. The second kappa shape index (κ2) is 6.02. The van der Waals surface area contributed by atoms with Crippen molar-refractivity contribution < 1.29 is 13.2 Å². The Morgan fingerprint density at radius 3 is 2.30 bits per heavy atom. The van der Waals surface area contributed by atoms with E-state index >= 15 is 0 Å². The van der Waals surface area contributed by atoms with Crippen molar-refractivity contribution in [3.05, 3.63) is 0 Å². The van der Waals surface area contributed by atoms with Gasteiger partial charge in [-0.15, -0.1) is 0 Å². The van der Waals surface area contributed by atoms with Crippen molar-refractivity contribution in [1.82, 2.24) is 10.0 Å². The third-order valence-electron chi connectivity index (χ3n) is 4.85. The first-order valence-electron chi connectivity index (χ1n) is 7.63. The third kappa shape index (κ3) is 3.73. The lowest BCUT2D eigenvalue weighted by Gasteiger charge is -2.46. The first-order chi connectivity index (χ1) is 9.36. The van der Waals surface area contributed by atoms with E-state index in [1.807, 2.05) is 6.92 Å². The quantitative estimate of drug-likeness (QED) is 0.779. The Morgan fingerprint density at radius 1 is 1.25 bits per heavy atom. The summed E-state index contributed by atoms with van der Waals surface area (Å²) in [5.41, 5.74) is -0.0401. The number of hydrogen-bond donors (Lipinski definition) is 2. The Balaban J connectivity index is 1.95. The molecule has 3 rings (SSSR count). The van der Waals surface area contributed by atoms with Crippen LogP contribution >= 0.6 is 0 Å². The molecular formula is C14H26N2O3S. The number of likely N-dealkylation sites (N-methyl/N-ethyl adjacent to an activating group) is 1. The van der Waals surface area contributed by atoms with E-state index in [1.54, 1.807) is 6.92 Å². The van der Waals surface area contributed by atoms with Crippen LogP contribution in [-0.2, 0) is 14.8 Å². The Bertz CT molecular complexity index is 439. The summed E-state index contributed by atoms with van der Waals surface area (Å²) < 4.78 is 27.1. The third-order valence-corrected chi connectivity index (χ3v) is 6.55. The maximum Gasteiger partial charge on any atom is 0.237 e. The van der Waals surface area contributed by atoms with E-state index in [0.717, 1.165) is 25.2 Å². The molecule has 0 radical (unpaired) electrons. The van der Waals surface area contributed by atoms with Gasteiger partial charge in [0, 0.05) is 6.54 Å². The molecule has 3 aliphatic carbocycles. The minimum atomic E-state index is -3.40. The average Bonchev–Trinajstić information content (AvgIpc) is 2.39. The van der Waals surface area contributed by atoms with Crippen molar-refractivity contribution >= 4 is 15.9 Å². The molecule has 3 fully saturated rings. The van der Waals surface area contributed by atoms with Crippen LogP contribution in [0.2, 0.25) is 0 Å². The number of nitrogens with one attached hydrogen (secondary N) is 2. The summed E-state index contributed by atoms with van der Waals surface area (Å²) in [6.07, 6.45) is 6.57. The predicted octanol–water partition coefficient (Wildman–Crippen LogP) is 1.40. The summed E-state index contributed by atoms with van der Waals surface area (Å²) in [7, 11) is -3.40. The van der Waals surface area contributed by atoms with Gasteiger partial charge in [0.2, 0.25) is 15.9 Å². The van der Waals surface area contributed by atoms with Gasteiger partial charge in [0.25, 0.3) is 0 Å². The predicted molar refractivity (Wildman–Crippen MR) is 78.7 cm³/mol. The summed E-state index contributed by atoms with van der Waals surface area (Å²) >= 11 is 0. The summed E-state index contributed by atoms with van der Waals surface area (Å²) in [5, 5.41) is 2.64. The van der Waals surface area contributed by atoms with Gasteiger partial charge in [0.15, 0.2) is 0 Å². The van der Waals surface area contributed by atoms with E-state index in [2.05, 4.69) is 10.0 Å². The highest BCUT2D eigenvalue weighted by Crippen LogP contribution is 2.50. The van der Waals surface area contributed by atoms with Crippen molar-refractivity contribution in [1.29, 1.82) is 0 Å². The maximum atomic E-state index is 12.3. The summed E-state index contributed by atoms with van der Waals surface area (Å²) in [5.74, 6) is 0.735. The smallest absolute Gasteiger partial charge is 0.237 e. The molecule has 0 aromatic rings. The highest BCUT2D eigenvalue weighted by Gasteiger charge is 2.43. The Morgan fingerprint density at radius 2 is 1.80 bits per heavy atom. The van der Waals surface area contributed by atoms with Crippen LogP contribution in [0, 0.1) is 11.3 Å². The average molecular weight is 302 g/mol. The van der Waals surface area contributed by atoms with Crippen LogP contribution in [0.25, 0.3) is 0 Å². The van der Waals surface area contributed by atoms with E-state index in [1.165, 1.54) is 19.3 Å². The number of sulfonamides is 1. The molecule has 3 saturated carbocycles. The molecule has 1 unspecified atom stereocenters. The second-order valence-electron chi connectivity index (χ2n) is 6.48. The highest BCUT2D eigenvalue weighted by molar-refractivity contribution is 7.89. The normalized spacial score (nSPS) is 31.0. The molecular weight excluding hydrogens is 276 g/mol. The Kier molecular flexibility index (Phi) is 4.74. The van der Waals surface area contributed by atoms with Gasteiger partial charge in [0.1, 0.15) is 0 Å². The molecule has 0 saturated heterocycles. The van der Waals surface area contributed by atoms with Gasteiger partial charge in [-0.25, -0.2) is 13.1 Å². The van der Waals surface area contributed by atoms with Crippen molar-refractivity contribution in [3.63, 3.8) is 0 Å². The molecule has 2 N–H and O–H groups in total. The summed E-state index contributed by atoms with van der Waals surface area (Å²) in [6, 6.07) is -0.698. The van der Waals surface area contributed by atoms with Gasteiger partial charge >= 0.3 is 0 Å². The van der Waals surface area contributed by atoms with Crippen LogP contribution in [-0.4, -0.2) is 32.7 Å². The molecule has 3 aliphatic rings. The molecule has 1 atom stereocenters. The molecule has 5 nitrogen and oxygen atoms in total. The lowest BCUT2D eigenvalue weighted by atomic mass is 9.62. The fraction of sp³-hybridized carbons (Fsp3) is 0.929. The molecule has 20 heavy (non-hydrogen) atoms. The summed E-state index contributed by atoms with van der Waals surface area (Å²) in [6.45, 7) is 3.92. The monoisotopic (exact) mass is 302 g/mol. The van der Waals surface area contributed by atoms with Crippen LogP contribution < -0.4 is 10.0 Å². The largest absolute Gasteiger partial charge is 0.355 e. The van der Waals surface area contributed by atoms with Crippen molar-refractivity contribution in [3.8, 4) is 0 Å². The Hall–Kier alpha value is -0.620. The first-order valence-corrected chi connectivity index (χ1v) is 9.29. The molecule has 0 aliphatic heterocycles. The van der Waals surface area contributed by atoms with Crippen LogP contribution in [0.3, 0.4) is 0 Å². The topological polar surface area (TPSA) is 75.3 Å². The van der Waals surface area contributed by atoms with Crippen LogP contribution in [0.1, 0.15) is 52.4 Å². The van der Waals surface area contributed by atoms with Gasteiger partial charge < -0.3 is 5.32 Å². The zero-order chi connectivity index (χ0) is 14.8. The standard InChI is InChI=1S/C14H26N2O3S/c1-3-15-13(17)11(2)16-20(18,19)10-14-7-4-12(5-8-14)6-9-14/h11-12,16H,3-10H2,1-2H3,(H,15,17). The molecule has 0 heterocycles. The minimum Gasteiger partial charge on any atom is -0.355 e. The lowest BCUT2D eigenvalue weighted by molar-refractivity contribution is -0.122. The number of amides is 1. The fourth-order valence-electron chi connectivity index (χ4n) is 3.65. The van der Waals surface area contributed by atoms with E-state index < -0.39 is 16.1 Å². The van der Waals surface area contributed by atoms with Gasteiger partial charge in [-0.2, -0.15) is 0 Å². The zero-order valence-electron chi connectivity index (χ0n) is 12.4.